The number of nitrogens with one attached hydrogen (secondary N) is 2. The molecule has 3 N–H and O–H groups in total. The third-order valence-corrected chi connectivity index (χ3v) is 5.14. The third-order valence-electron chi connectivity index (χ3n) is 5.14. The molecule has 10 heteroatoms. The molecule has 0 unspecified atom stereocenters. The Hall–Kier alpha value is -2.36. The fourth-order valence-electron chi connectivity index (χ4n) is 4.10. The average molecular weight is 414 g/mol. The first kappa shape index (κ1) is 22.9. The van der Waals surface area contributed by atoms with Crippen LogP contribution in [-0.4, -0.2) is 59.6 Å². The number of carbonyl (C=O) groups excluding carboxylic acids is 4. The lowest BCUT2D eigenvalue weighted by Gasteiger charge is -2.34. The number of hydrogen-bond acceptors (Lipinski definition) is 8. The number of fused-ring (bicyclic) bond motifs is 1. The van der Waals surface area contributed by atoms with Crippen LogP contribution in [0.5, 0.6) is 0 Å². The number of rotatable bonds is 6. The van der Waals surface area contributed by atoms with Crippen molar-refractivity contribution in [2.75, 3.05) is 7.11 Å². The van der Waals surface area contributed by atoms with Gasteiger partial charge in [0.05, 0.1) is 13.2 Å². The predicted molar refractivity (Wildman–Crippen MR) is 99.2 cm³/mol. The summed E-state index contributed by atoms with van der Waals surface area (Å²) in [7, 11) is 1.27. The molecular weight excluding hydrogens is 384 g/mol. The number of ether oxygens (including phenoxy) is 3. The van der Waals surface area contributed by atoms with Crippen LogP contribution in [0.3, 0.4) is 0 Å². The van der Waals surface area contributed by atoms with Gasteiger partial charge in [0.2, 0.25) is 5.91 Å². The lowest BCUT2D eigenvalue weighted by Crippen LogP contribution is -2.58. The van der Waals surface area contributed by atoms with Crippen LogP contribution in [0.25, 0.3) is 0 Å². The van der Waals surface area contributed by atoms with E-state index in [0.717, 1.165) is 0 Å². The Morgan fingerprint density at radius 3 is 2.38 bits per heavy atom. The van der Waals surface area contributed by atoms with Crippen LogP contribution in [0.15, 0.2) is 0 Å². The fraction of sp³-hybridized carbons (Fsp3) is 0.789. The molecule has 2 rings (SSSR count). The molecule has 10 nitrogen and oxygen atoms in total. The molecule has 0 saturated heterocycles. The van der Waals surface area contributed by atoms with Crippen LogP contribution in [0.4, 0.5) is 4.79 Å². The smallest absolute Gasteiger partial charge is 0.408 e. The van der Waals surface area contributed by atoms with Crippen molar-refractivity contribution >= 4 is 23.9 Å². The van der Waals surface area contributed by atoms with Crippen LogP contribution in [-0.2, 0) is 28.6 Å². The summed E-state index contributed by atoms with van der Waals surface area (Å²) in [6, 6.07) is -0.980. The van der Waals surface area contributed by atoms with E-state index < -0.39 is 53.3 Å². The zero-order valence-electron chi connectivity index (χ0n) is 17.6. The summed E-state index contributed by atoms with van der Waals surface area (Å²) >= 11 is 0. The van der Waals surface area contributed by atoms with Gasteiger partial charge in [-0.1, -0.05) is 0 Å². The second kappa shape index (κ2) is 8.17. The highest BCUT2D eigenvalue weighted by atomic mass is 16.6. The molecule has 164 valence electrons. The molecule has 0 aromatic rings. The minimum absolute atomic E-state index is 0.00445. The van der Waals surface area contributed by atoms with E-state index in [4.69, 9.17) is 9.47 Å². The molecule has 0 aliphatic heterocycles. The van der Waals surface area contributed by atoms with Gasteiger partial charge in [0.25, 0.3) is 0 Å². The van der Waals surface area contributed by atoms with Gasteiger partial charge < -0.3 is 30.0 Å². The van der Waals surface area contributed by atoms with Gasteiger partial charge in [-0.3, -0.25) is 14.4 Å². The maximum Gasteiger partial charge on any atom is 0.408 e. The van der Waals surface area contributed by atoms with E-state index in [2.05, 4.69) is 15.4 Å². The van der Waals surface area contributed by atoms with Gasteiger partial charge in [0, 0.05) is 25.7 Å². The van der Waals surface area contributed by atoms with Crippen LogP contribution in [0.2, 0.25) is 0 Å². The number of carbonyl (C=O) groups is 4. The normalized spacial score (nSPS) is 31.1. The monoisotopic (exact) mass is 414 g/mol. The van der Waals surface area contributed by atoms with Crippen molar-refractivity contribution < 1.29 is 38.5 Å². The van der Waals surface area contributed by atoms with Gasteiger partial charge >= 0.3 is 18.0 Å². The van der Waals surface area contributed by atoms with Crippen molar-refractivity contribution in [3.8, 4) is 0 Å². The summed E-state index contributed by atoms with van der Waals surface area (Å²) in [6.45, 7) is 7.75. The zero-order valence-corrected chi connectivity index (χ0v) is 17.6. The maximum atomic E-state index is 12.7. The van der Waals surface area contributed by atoms with Crippen molar-refractivity contribution in [1.29, 1.82) is 0 Å². The molecule has 2 saturated carbocycles. The zero-order chi connectivity index (χ0) is 22.1. The summed E-state index contributed by atoms with van der Waals surface area (Å²) in [4.78, 5) is 48.0. The van der Waals surface area contributed by atoms with Crippen molar-refractivity contribution in [2.24, 2.45) is 17.8 Å². The highest BCUT2D eigenvalue weighted by molar-refractivity contribution is 5.86. The van der Waals surface area contributed by atoms with Crippen molar-refractivity contribution in [3.63, 3.8) is 0 Å². The molecule has 2 fully saturated rings. The average Bonchev–Trinajstić information content (AvgIpc) is 3.18. The Kier molecular flexibility index (Phi) is 6.46. The molecule has 0 radical (unpaired) electrons. The lowest BCUT2D eigenvalue weighted by molar-refractivity contribution is -0.168. The number of alkyl carbamates (subject to hydrolysis) is 1. The summed E-state index contributed by atoms with van der Waals surface area (Å²) in [5.74, 6) is -2.66. The molecular formula is C19H30N2O8. The Bertz CT molecular complexity index is 688. The lowest BCUT2D eigenvalue weighted by atomic mass is 9.99. The molecule has 2 aliphatic rings. The third kappa shape index (κ3) is 5.37. The van der Waals surface area contributed by atoms with Crippen LogP contribution >= 0.6 is 0 Å². The number of methoxy groups -OCH3 is 1. The highest BCUT2D eigenvalue weighted by Gasteiger charge is 2.72. The van der Waals surface area contributed by atoms with Gasteiger partial charge in [-0.2, -0.15) is 0 Å². The minimum Gasteiger partial charge on any atom is -0.469 e. The molecule has 0 heterocycles. The van der Waals surface area contributed by atoms with Gasteiger partial charge in [-0.05, 0) is 39.5 Å². The van der Waals surface area contributed by atoms with Crippen molar-refractivity contribution in [1.82, 2.24) is 10.6 Å². The summed E-state index contributed by atoms with van der Waals surface area (Å²) in [5.41, 5.74) is -2.17. The maximum absolute atomic E-state index is 12.7. The number of esters is 2. The molecule has 0 bridgehead atoms. The Morgan fingerprint density at radius 2 is 1.86 bits per heavy atom. The SMILES string of the molecule is COC(=O)C[C@H]1[C@H]2[C@@H]1[C@](NC(=O)[C@H](C)NC(=O)OC(C)(C)C)(OC(C)=O)C[C@@H]2O. The quantitative estimate of drug-likeness (QED) is 0.324. The number of aliphatic hydroxyl groups is 1. The largest absolute Gasteiger partial charge is 0.469 e. The molecule has 0 aromatic carbocycles. The first-order valence-electron chi connectivity index (χ1n) is 9.55. The van der Waals surface area contributed by atoms with Gasteiger partial charge in [0.15, 0.2) is 5.72 Å². The minimum atomic E-state index is -1.45. The summed E-state index contributed by atoms with van der Waals surface area (Å²) in [6.07, 6.45) is -1.55. The fourth-order valence-corrected chi connectivity index (χ4v) is 4.10. The van der Waals surface area contributed by atoms with E-state index in [1.165, 1.54) is 21.0 Å². The number of amides is 2. The number of hydrogen-bond donors (Lipinski definition) is 3. The van der Waals surface area contributed by atoms with Gasteiger partial charge in [-0.25, -0.2) is 4.79 Å². The molecule has 0 aromatic heterocycles. The van der Waals surface area contributed by atoms with Crippen molar-refractivity contribution in [2.45, 2.75) is 70.9 Å². The summed E-state index contributed by atoms with van der Waals surface area (Å²) < 4.78 is 15.3. The molecule has 2 aliphatic carbocycles. The van der Waals surface area contributed by atoms with E-state index >= 15 is 0 Å². The molecule has 29 heavy (non-hydrogen) atoms. The molecule has 0 spiro atoms. The standard InChI is InChI=1S/C19H30N2O8/c1-9(20-17(26)29-18(3,4)5)16(25)21-19(28-10(2)22)8-12(23)14-11(15(14)19)7-13(24)27-6/h9,11-12,14-15,23H,7-8H2,1-6H3,(H,20,26)(H,21,25)/t9-,11-,12-,14+,15+,19+/m0/s1. The van der Waals surface area contributed by atoms with Crippen LogP contribution in [0.1, 0.15) is 47.5 Å². The second-order valence-electron chi connectivity index (χ2n) is 8.66. The molecule has 2 amide bonds. The topological polar surface area (TPSA) is 140 Å². The van der Waals surface area contributed by atoms with E-state index in [-0.39, 0.29) is 24.7 Å². The van der Waals surface area contributed by atoms with Gasteiger partial charge in [-0.15, -0.1) is 0 Å². The first-order valence-corrected chi connectivity index (χ1v) is 9.55. The number of aliphatic hydroxyl groups excluding tert-OH is 1. The van der Waals surface area contributed by atoms with Crippen LogP contribution < -0.4 is 10.6 Å². The van der Waals surface area contributed by atoms with E-state index in [1.54, 1.807) is 20.8 Å². The summed E-state index contributed by atoms with van der Waals surface area (Å²) in [5, 5.41) is 15.5. The first-order chi connectivity index (χ1) is 13.3. The Labute approximate surface area is 169 Å². The Morgan fingerprint density at radius 1 is 1.24 bits per heavy atom. The molecule has 6 atom stereocenters. The van der Waals surface area contributed by atoms with E-state index in [0.29, 0.717) is 0 Å². The highest BCUT2D eigenvalue weighted by Crippen LogP contribution is 2.64. The second-order valence-corrected chi connectivity index (χ2v) is 8.66. The predicted octanol–water partition coefficient (Wildman–Crippen LogP) is 0.465. The van der Waals surface area contributed by atoms with E-state index in [9.17, 15) is 24.3 Å². The van der Waals surface area contributed by atoms with E-state index in [1.807, 2.05) is 0 Å². The Balaban J connectivity index is 2.10. The van der Waals surface area contributed by atoms with Crippen molar-refractivity contribution in [3.05, 3.63) is 0 Å². The van der Waals surface area contributed by atoms with Crippen LogP contribution in [0, 0.1) is 17.8 Å². The van der Waals surface area contributed by atoms with Gasteiger partial charge in [0.1, 0.15) is 11.6 Å².